The Bertz CT molecular complexity index is 967. The summed E-state index contributed by atoms with van der Waals surface area (Å²) in [6.07, 6.45) is 0. The maximum Gasteiger partial charge on any atom is 0.258 e. The average molecular weight is 419 g/mol. The van der Waals surface area contributed by atoms with Crippen molar-refractivity contribution in [1.29, 1.82) is 0 Å². The summed E-state index contributed by atoms with van der Waals surface area (Å²) in [5.74, 6) is 0.187. The van der Waals surface area contributed by atoms with Crippen LogP contribution in [0.15, 0.2) is 41.3 Å². The van der Waals surface area contributed by atoms with E-state index in [0.29, 0.717) is 5.75 Å². The number of benzene rings is 2. The fraction of sp³-hybridized carbons (Fsp3) is 0.409. The van der Waals surface area contributed by atoms with Gasteiger partial charge >= 0.3 is 0 Å². The van der Waals surface area contributed by atoms with Gasteiger partial charge in [0.25, 0.3) is 5.91 Å². The first-order valence-corrected chi connectivity index (χ1v) is 11.1. The third-order valence-electron chi connectivity index (χ3n) is 4.62. The Balaban J connectivity index is 1.95. The first-order valence-electron chi connectivity index (χ1n) is 9.62. The van der Waals surface area contributed by atoms with Gasteiger partial charge < -0.3 is 10.1 Å². The highest BCUT2D eigenvalue weighted by atomic mass is 32.2. The zero-order valence-electron chi connectivity index (χ0n) is 17.9. The van der Waals surface area contributed by atoms with Gasteiger partial charge in [-0.15, -0.1) is 0 Å². The standard InChI is InChI=1S/C22H30N2O4S/c1-14(2)24-29(26,27)20-9-7-19(8-10-20)28-13-22(25)23-18(6)21-12-16(4)15(3)11-17(21)5/h7-12,14,18,24H,13H2,1-6H3,(H,23,25)/t18-/m1/s1. The molecule has 0 radical (unpaired) electrons. The third-order valence-corrected chi connectivity index (χ3v) is 6.30. The van der Waals surface area contributed by atoms with E-state index in [2.05, 4.69) is 36.0 Å². The van der Waals surface area contributed by atoms with Crippen LogP contribution in [0.5, 0.6) is 5.75 Å². The van der Waals surface area contributed by atoms with Crippen LogP contribution >= 0.6 is 0 Å². The minimum Gasteiger partial charge on any atom is -0.484 e. The molecule has 2 aromatic rings. The highest BCUT2D eigenvalue weighted by Gasteiger charge is 2.16. The van der Waals surface area contributed by atoms with Gasteiger partial charge in [0.15, 0.2) is 6.61 Å². The van der Waals surface area contributed by atoms with Crippen LogP contribution in [0.25, 0.3) is 0 Å². The smallest absolute Gasteiger partial charge is 0.258 e. The molecule has 0 fully saturated rings. The van der Waals surface area contributed by atoms with Crippen molar-refractivity contribution in [3.63, 3.8) is 0 Å². The van der Waals surface area contributed by atoms with Gasteiger partial charge in [0.05, 0.1) is 10.9 Å². The van der Waals surface area contributed by atoms with E-state index >= 15 is 0 Å². The number of hydrogen-bond donors (Lipinski definition) is 2. The first-order chi connectivity index (χ1) is 13.5. The van der Waals surface area contributed by atoms with Crippen LogP contribution in [0.3, 0.4) is 0 Å². The van der Waals surface area contributed by atoms with Crippen LogP contribution in [-0.2, 0) is 14.8 Å². The molecule has 0 spiro atoms. The summed E-state index contributed by atoms with van der Waals surface area (Å²) in [5.41, 5.74) is 4.62. The minimum absolute atomic E-state index is 0.139. The van der Waals surface area contributed by atoms with Crippen LogP contribution in [0, 0.1) is 20.8 Å². The summed E-state index contributed by atoms with van der Waals surface area (Å²) in [4.78, 5) is 12.4. The van der Waals surface area contributed by atoms with Gasteiger partial charge in [-0.05, 0) is 88.1 Å². The molecule has 2 N–H and O–H groups in total. The van der Waals surface area contributed by atoms with Crippen LogP contribution in [0.2, 0.25) is 0 Å². The van der Waals surface area contributed by atoms with E-state index in [4.69, 9.17) is 4.74 Å². The van der Waals surface area contributed by atoms with E-state index in [9.17, 15) is 13.2 Å². The maximum atomic E-state index is 12.3. The van der Waals surface area contributed by atoms with Crippen molar-refractivity contribution in [3.8, 4) is 5.75 Å². The Labute approximate surface area is 173 Å². The fourth-order valence-electron chi connectivity index (χ4n) is 3.05. The van der Waals surface area contributed by atoms with Crippen molar-refractivity contribution in [3.05, 3.63) is 58.7 Å². The van der Waals surface area contributed by atoms with Crippen molar-refractivity contribution < 1.29 is 17.9 Å². The summed E-state index contributed by atoms with van der Waals surface area (Å²) in [6.45, 7) is 11.5. The number of rotatable bonds is 8. The lowest BCUT2D eigenvalue weighted by Gasteiger charge is -2.18. The number of amides is 1. The van der Waals surface area contributed by atoms with E-state index < -0.39 is 10.0 Å². The number of carbonyl (C=O) groups is 1. The highest BCUT2D eigenvalue weighted by molar-refractivity contribution is 7.89. The molecule has 0 saturated heterocycles. The summed E-state index contributed by atoms with van der Waals surface area (Å²) in [5, 5.41) is 2.94. The van der Waals surface area contributed by atoms with Gasteiger partial charge in [0.1, 0.15) is 5.75 Å². The molecule has 0 aliphatic heterocycles. The van der Waals surface area contributed by atoms with E-state index in [-0.39, 0.29) is 29.5 Å². The number of aryl methyl sites for hydroxylation is 3. The molecule has 0 aliphatic carbocycles. The van der Waals surface area contributed by atoms with Crippen molar-refractivity contribution in [2.45, 2.75) is 58.5 Å². The van der Waals surface area contributed by atoms with Crippen LogP contribution in [0.4, 0.5) is 0 Å². The molecule has 29 heavy (non-hydrogen) atoms. The summed E-state index contributed by atoms with van der Waals surface area (Å²) in [6, 6.07) is 9.88. The largest absolute Gasteiger partial charge is 0.484 e. The molecule has 0 aromatic heterocycles. The molecule has 2 aromatic carbocycles. The van der Waals surface area contributed by atoms with Crippen molar-refractivity contribution in [2.24, 2.45) is 0 Å². The summed E-state index contributed by atoms with van der Waals surface area (Å²) >= 11 is 0. The molecule has 0 unspecified atom stereocenters. The molecule has 1 atom stereocenters. The number of nitrogens with one attached hydrogen (secondary N) is 2. The molecule has 0 saturated carbocycles. The van der Waals surface area contributed by atoms with E-state index in [1.54, 1.807) is 26.0 Å². The van der Waals surface area contributed by atoms with E-state index in [1.165, 1.54) is 23.3 Å². The summed E-state index contributed by atoms with van der Waals surface area (Å²) in [7, 11) is -3.55. The lowest BCUT2D eigenvalue weighted by atomic mass is 9.96. The van der Waals surface area contributed by atoms with Crippen LogP contribution in [0.1, 0.15) is 49.1 Å². The minimum atomic E-state index is -3.55. The molecule has 0 bridgehead atoms. The Morgan fingerprint density at radius 2 is 1.55 bits per heavy atom. The molecular formula is C22H30N2O4S. The topological polar surface area (TPSA) is 84.5 Å². The normalized spacial score (nSPS) is 12.7. The van der Waals surface area contributed by atoms with E-state index in [1.807, 2.05) is 13.8 Å². The molecular weight excluding hydrogens is 388 g/mol. The van der Waals surface area contributed by atoms with Crippen LogP contribution < -0.4 is 14.8 Å². The zero-order valence-corrected chi connectivity index (χ0v) is 18.7. The summed E-state index contributed by atoms with van der Waals surface area (Å²) < 4.78 is 32.3. The molecule has 7 heteroatoms. The van der Waals surface area contributed by atoms with Gasteiger partial charge in [-0.1, -0.05) is 12.1 Å². The predicted octanol–water partition coefficient (Wildman–Crippen LogP) is 3.55. The van der Waals surface area contributed by atoms with Crippen molar-refractivity contribution in [1.82, 2.24) is 10.0 Å². The van der Waals surface area contributed by atoms with Gasteiger partial charge in [-0.25, -0.2) is 13.1 Å². The molecule has 0 heterocycles. The first kappa shape index (κ1) is 22.9. The highest BCUT2D eigenvalue weighted by Crippen LogP contribution is 2.22. The van der Waals surface area contributed by atoms with Gasteiger partial charge in [0, 0.05) is 6.04 Å². The second kappa shape index (κ2) is 9.41. The number of sulfonamides is 1. The lowest BCUT2D eigenvalue weighted by molar-refractivity contribution is -0.123. The lowest BCUT2D eigenvalue weighted by Crippen LogP contribution is -2.31. The maximum absolute atomic E-state index is 12.3. The van der Waals surface area contributed by atoms with Crippen LogP contribution in [-0.4, -0.2) is 27.0 Å². The van der Waals surface area contributed by atoms with E-state index in [0.717, 1.165) is 11.1 Å². The molecule has 0 aliphatic rings. The molecule has 6 nitrogen and oxygen atoms in total. The number of hydrogen-bond acceptors (Lipinski definition) is 4. The molecule has 158 valence electrons. The third kappa shape index (κ3) is 6.30. The van der Waals surface area contributed by atoms with Crippen molar-refractivity contribution in [2.75, 3.05) is 6.61 Å². The SMILES string of the molecule is Cc1cc(C)c([C@@H](C)NC(=O)COc2ccc(S(=O)(=O)NC(C)C)cc2)cc1C. The number of carbonyl (C=O) groups excluding carboxylic acids is 1. The second-order valence-corrected chi connectivity index (χ2v) is 9.33. The Morgan fingerprint density at radius 3 is 2.14 bits per heavy atom. The molecule has 1 amide bonds. The Kier molecular flexibility index (Phi) is 7.43. The predicted molar refractivity (Wildman–Crippen MR) is 115 cm³/mol. The Hall–Kier alpha value is -2.38. The number of ether oxygens (including phenoxy) is 1. The van der Waals surface area contributed by atoms with Crippen molar-refractivity contribution >= 4 is 15.9 Å². The Morgan fingerprint density at radius 1 is 0.966 bits per heavy atom. The monoisotopic (exact) mass is 418 g/mol. The second-order valence-electron chi connectivity index (χ2n) is 7.62. The van der Waals surface area contributed by atoms with Gasteiger partial charge in [-0.3, -0.25) is 4.79 Å². The fourth-order valence-corrected chi connectivity index (χ4v) is 4.30. The van der Waals surface area contributed by atoms with Gasteiger partial charge in [-0.2, -0.15) is 0 Å². The molecule has 2 rings (SSSR count). The zero-order chi connectivity index (χ0) is 21.8. The van der Waals surface area contributed by atoms with Gasteiger partial charge in [0.2, 0.25) is 10.0 Å². The average Bonchev–Trinajstić information content (AvgIpc) is 2.62. The quantitative estimate of drug-likeness (QED) is 0.687.